The van der Waals surface area contributed by atoms with Crippen LogP contribution >= 0.6 is 11.8 Å². The molecule has 0 bridgehead atoms. The number of nitrogens with zero attached hydrogens (tertiary/aromatic N) is 4. The molecule has 3 rings (SSSR count). The molecule has 1 aliphatic rings. The summed E-state index contributed by atoms with van der Waals surface area (Å²) in [5, 5.41) is 8.85. The molecule has 0 spiro atoms. The van der Waals surface area contributed by atoms with Crippen LogP contribution in [0.25, 0.3) is 0 Å². The summed E-state index contributed by atoms with van der Waals surface area (Å²) in [7, 11) is 0. The molecule has 5 nitrogen and oxygen atoms in total. The smallest absolute Gasteiger partial charge is 0.191 e. The molecule has 118 valence electrons. The van der Waals surface area contributed by atoms with Crippen molar-refractivity contribution in [3.05, 3.63) is 29.3 Å². The Labute approximate surface area is 135 Å². The van der Waals surface area contributed by atoms with E-state index in [9.17, 15) is 4.79 Å². The molecule has 1 fully saturated rings. The molecule has 0 aromatic carbocycles. The van der Waals surface area contributed by atoms with Crippen molar-refractivity contribution >= 4 is 17.5 Å². The Hall–Kier alpha value is -1.56. The van der Waals surface area contributed by atoms with Gasteiger partial charge in [-0.1, -0.05) is 11.8 Å². The highest BCUT2D eigenvalue weighted by Gasteiger charge is 2.28. The molecule has 1 aliphatic carbocycles. The lowest BCUT2D eigenvalue weighted by atomic mass is 10.2. The van der Waals surface area contributed by atoms with Gasteiger partial charge in [0, 0.05) is 29.0 Å². The van der Waals surface area contributed by atoms with E-state index in [0.717, 1.165) is 16.4 Å². The first-order valence-corrected chi connectivity index (χ1v) is 8.71. The van der Waals surface area contributed by atoms with Crippen LogP contribution in [0.3, 0.4) is 0 Å². The minimum atomic E-state index is 0.170. The Kier molecular flexibility index (Phi) is 4.12. The highest BCUT2D eigenvalue weighted by Crippen LogP contribution is 2.38. The summed E-state index contributed by atoms with van der Waals surface area (Å²) in [6, 6.07) is 2.94. The number of aromatic nitrogens is 4. The van der Waals surface area contributed by atoms with Crippen LogP contribution in [0.4, 0.5) is 0 Å². The quantitative estimate of drug-likeness (QED) is 0.603. The molecule has 0 aliphatic heterocycles. The summed E-state index contributed by atoms with van der Waals surface area (Å²) < 4.78 is 4.31. The zero-order chi connectivity index (χ0) is 15.9. The number of thioether (sulfide) groups is 1. The number of aryl methyl sites for hydroxylation is 1. The second-order valence-corrected chi connectivity index (χ2v) is 7.15. The normalized spacial score (nSPS) is 14.8. The fourth-order valence-corrected chi connectivity index (χ4v) is 3.78. The van der Waals surface area contributed by atoms with Gasteiger partial charge in [0.25, 0.3) is 0 Å². The van der Waals surface area contributed by atoms with Gasteiger partial charge in [-0.15, -0.1) is 10.2 Å². The zero-order valence-corrected chi connectivity index (χ0v) is 14.4. The summed E-state index contributed by atoms with van der Waals surface area (Å²) in [6.07, 6.45) is 4.18. The molecule has 1 saturated carbocycles. The monoisotopic (exact) mass is 318 g/mol. The van der Waals surface area contributed by atoms with Crippen LogP contribution in [0.1, 0.15) is 60.5 Å². The molecule has 0 atom stereocenters. The van der Waals surface area contributed by atoms with Crippen molar-refractivity contribution in [3.63, 3.8) is 0 Å². The van der Waals surface area contributed by atoms with Crippen LogP contribution in [0.2, 0.25) is 0 Å². The summed E-state index contributed by atoms with van der Waals surface area (Å²) in [5.74, 6) is 0.573. The molecule has 2 aromatic rings. The molecular weight excluding hydrogens is 296 g/mol. The topological polar surface area (TPSA) is 52.7 Å². The van der Waals surface area contributed by atoms with E-state index >= 15 is 0 Å². The molecular formula is C16H22N4OS. The van der Waals surface area contributed by atoms with E-state index in [0.29, 0.717) is 17.8 Å². The Bertz CT molecular complexity index is 697. The van der Waals surface area contributed by atoms with Crippen LogP contribution in [-0.4, -0.2) is 30.9 Å². The number of hydrogen-bond acceptors (Lipinski definition) is 4. The first kappa shape index (κ1) is 15.3. The molecule has 2 aromatic heterocycles. The zero-order valence-electron chi connectivity index (χ0n) is 13.5. The minimum absolute atomic E-state index is 0.170. The van der Waals surface area contributed by atoms with Gasteiger partial charge in [-0.2, -0.15) is 0 Å². The van der Waals surface area contributed by atoms with Gasteiger partial charge in [-0.3, -0.25) is 4.79 Å². The largest absolute Gasteiger partial charge is 0.345 e. The van der Waals surface area contributed by atoms with Crippen molar-refractivity contribution in [2.24, 2.45) is 0 Å². The molecule has 2 heterocycles. The van der Waals surface area contributed by atoms with Gasteiger partial charge in [0.1, 0.15) is 6.33 Å². The standard InChI is InChI=1S/C16H22N4OS/c1-10(2)19-9-17-18-16(19)22-8-15(21)14-7-11(3)20(12(14)4)13-5-6-13/h7,9-10,13H,5-6,8H2,1-4H3. The van der Waals surface area contributed by atoms with Gasteiger partial charge in [0.05, 0.1) is 5.75 Å². The fraction of sp³-hybridized carbons (Fsp3) is 0.562. The third-order valence-corrected chi connectivity index (χ3v) is 5.08. The Balaban J connectivity index is 1.72. The highest BCUT2D eigenvalue weighted by molar-refractivity contribution is 7.99. The maximum Gasteiger partial charge on any atom is 0.191 e. The van der Waals surface area contributed by atoms with Gasteiger partial charge in [0.2, 0.25) is 0 Å². The number of carbonyl (C=O) groups excluding carboxylic acids is 1. The second kappa shape index (κ2) is 5.91. The molecule has 22 heavy (non-hydrogen) atoms. The van der Waals surface area contributed by atoms with E-state index < -0.39 is 0 Å². The number of rotatable bonds is 6. The van der Waals surface area contributed by atoms with Crippen molar-refractivity contribution in [2.45, 2.75) is 57.8 Å². The lowest BCUT2D eigenvalue weighted by Gasteiger charge is -2.09. The summed E-state index contributed by atoms with van der Waals surface area (Å²) in [4.78, 5) is 12.6. The Morgan fingerprint density at radius 2 is 2.14 bits per heavy atom. The van der Waals surface area contributed by atoms with Crippen LogP contribution in [0.15, 0.2) is 17.6 Å². The number of carbonyl (C=O) groups is 1. The summed E-state index contributed by atoms with van der Waals surface area (Å²) in [6.45, 7) is 8.31. The summed E-state index contributed by atoms with van der Waals surface area (Å²) in [5.41, 5.74) is 3.15. The van der Waals surface area contributed by atoms with E-state index in [-0.39, 0.29) is 5.78 Å². The van der Waals surface area contributed by atoms with Crippen LogP contribution < -0.4 is 0 Å². The van der Waals surface area contributed by atoms with Crippen molar-refractivity contribution in [1.82, 2.24) is 19.3 Å². The molecule has 0 saturated heterocycles. The third-order valence-electron chi connectivity index (χ3n) is 4.13. The fourth-order valence-electron chi connectivity index (χ4n) is 2.85. The predicted octanol–water partition coefficient (Wildman–Crippen LogP) is 3.59. The van der Waals surface area contributed by atoms with Gasteiger partial charge in [-0.25, -0.2) is 0 Å². The molecule has 0 unspecified atom stereocenters. The molecule has 6 heteroatoms. The molecule has 0 radical (unpaired) electrons. The Morgan fingerprint density at radius 3 is 2.77 bits per heavy atom. The number of hydrogen-bond donors (Lipinski definition) is 0. The maximum atomic E-state index is 12.6. The van der Waals surface area contributed by atoms with Gasteiger partial charge < -0.3 is 9.13 Å². The first-order valence-electron chi connectivity index (χ1n) is 7.73. The van der Waals surface area contributed by atoms with Crippen LogP contribution in [0, 0.1) is 13.8 Å². The molecule has 0 N–H and O–H groups in total. The van der Waals surface area contributed by atoms with E-state index in [1.807, 2.05) is 10.6 Å². The first-order chi connectivity index (χ1) is 10.5. The second-order valence-electron chi connectivity index (χ2n) is 6.21. The SMILES string of the molecule is Cc1cc(C(=O)CSc2nncn2C(C)C)c(C)n1C1CC1. The average molecular weight is 318 g/mol. The van der Waals surface area contributed by atoms with E-state index in [4.69, 9.17) is 0 Å². The Morgan fingerprint density at radius 1 is 1.41 bits per heavy atom. The lowest BCUT2D eigenvalue weighted by Crippen LogP contribution is -2.07. The van der Waals surface area contributed by atoms with Crippen LogP contribution in [-0.2, 0) is 0 Å². The van der Waals surface area contributed by atoms with E-state index in [2.05, 4.69) is 42.5 Å². The molecule has 0 amide bonds. The van der Waals surface area contributed by atoms with Crippen LogP contribution in [0.5, 0.6) is 0 Å². The third kappa shape index (κ3) is 2.84. The van der Waals surface area contributed by atoms with Crippen molar-refractivity contribution in [3.8, 4) is 0 Å². The lowest BCUT2D eigenvalue weighted by molar-refractivity contribution is 0.102. The van der Waals surface area contributed by atoms with Crippen molar-refractivity contribution in [1.29, 1.82) is 0 Å². The minimum Gasteiger partial charge on any atom is -0.345 e. The average Bonchev–Trinajstić information content (AvgIpc) is 3.09. The van der Waals surface area contributed by atoms with Crippen molar-refractivity contribution < 1.29 is 4.79 Å². The van der Waals surface area contributed by atoms with E-state index in [1.54, 1.807) is 6.33 Å². The number of ketones is 1. The highest BCUT2D eigenvalue weighted by atomic mass is 32.2. The summed E-state index contributed by atoms with van der Waals surface area (Å²) >= 11 is 1.46. The van der Waals surface area contributed by atoms with Gasteiger partial charge in [-0.05, 0) is 46.6 Å². The van der Waals surface area contributed by atoms with E-state index in [1.165, 1.54) is 30.3 Å². The van der Waals surface area contributed by atoms with Crippen molar-refractivity contribution in [2.75, 3.05) is 5.75 Å². The van der Waals surface area contributed by atoms with Gasteiger partial charge in [0.15, 0.2) is 10.9 Å². The van der Waals surface area contributed by atoms with Gasteiger partial charge >= 0.3 is 0 Å². The number of Topliss-reactive ketones (excluding diaryl/α,β-unsaturated/α-hetero) is 1. The maximum absolute atomic E-state index is 12.6. The predicted molar refractivity (Wildman–Crippen MR) is 87.6 cm³/mol.